The van der Waals surface area contributed by atoms with Crippen molar-refractivity contribution in [2.75, 3.05) is 13.1 Å². The fraction of sp³-hybridized carbons (Fsp3) is 0.235. The van der Waals surface area contributed by atoms with Crippen LogP contribution in [0.5, 0.6) is 0 Å². The highest BCUT2D eigenvalue weighted by Gasteiger charge is 2.09. The van der Waals surface area contributed by atoms with Gasteiger partial charge in [0.25, 0.3) is 0 Å². The number of rotatable bonds is 6. The molecule has 0 unspecified atom stereocenters. The van der Waals surface area contributed by atoms with E-state index in [1.165, 1.54) is 5.56 Å². The maximum absolute atomic E-state index is 11.7. The summed E-state index contributed by atoms with van der Waals surface area (Å²) in [5, 5.41) is 16.0. The largest absolute Gasteiger partial charge is 0.387 e. The SMILES string of the molecule is O=C(NCCc1ccccc1)NC[C@@H](O)c1ccc(Cl)cc1. The fourth-order valence-corrected chi connectivity index (χ4v) is 2.15. The van der Waals surface area contributed by atoms with Crippen LogP contribution in [-0.2, 0) is 6.42 Å². The topological polar surface area (TPSA) is 61.4 Å². The summed E-state index contributed by atoms with van der Waals surface area (Å²) in [4.78, 5) is 11.7. The van der Waals surface area contributed by atoms with Crippen molar-refractivity contribution in [1.29, 1.82) is 0 Å². The van der Waals surface area contributed by atoms with Gasteiger partial charge in [0.1, 0.15) is 0 Å². The lowest BCUT2D eigenvalue weighted by molar-refractivity contribution is 0.173. The van der Waals surface area contributed by atoms with E-state index < -0.39 is 6.10 Å². The van der Waals surface area contributed by atoms with Crippen LogP contribution in [0, 0.1) is 0 Å². The molecule has 2 aromatic rings. The van der Waals surface area contributed by atoms with E-state index >= 15 is 0 Å². The van der Waals surface area contributed by atoms with Crippen LogP contribution in [0.3, 0.4) is 0 Å². The van der Waals surface area contributed by atoms with Crippen LogP contribution in [0.15, 0.2) is 54.6 Å². The lowest BCUT2D eigenvalue weighted by Gasteiger charge is -2.13. The number of carbonyl (C=O) groups is 1. The second-order valence-electron chi connectivity index (χ2n) is 4.94. The number of urea groups is 1. The third-order valence-corrected chi connectivity index (χ3v) is 3.50. The Kier molecular flexibility index (Phi) is 6.25. The Hall–Kier alpha value is -2.04. The summed E-state index contributed by atoms with van der Waals surface area (Å²) in [6, 6.07) is 16.5. The molecular formula is C17H19ClN2O2. The molecule has 3 N–H and O–H groups in total. The van der Waals surface area contributed by atoms with Crippen LogP contribution in [0.1, 0.15) is 17.2 Å². The minimum Gasteiger partial charge on any atom is -0.387 e. The van der Waals surface area contributed by atoms with Crippen LogP contribution >= 0.6 is 11.6 Å². The second-order valence-corrected chi connectivity index (χ2v) is 5.38. The zero-order valence-electron chi connectivity index (χ0n) is 12.1. The molecule has 116 valence electrons. The Morgan fingerprint density at radius 1 is 1.05 bits per heavy atom. The number of carbonyl (C=O) groups excluding carboxylic acids is 1. The molecule has 0 spiro atoms. The molecule has 0 aliphatic heterocycles. The van der Waals surface area contributed by atoms with Crippen LogP contribution in [0.25, 0.3) is 0 Å². The summed E-state index contributed by atoms with van der Waals surface area (Å²) in [7, 11) is 0. The van der Waals surface area contributed by atoms with Crippen LogP contribution in [-0.4, -0.2) is 24.2 Å². The zero-order valence-corrected chi connectivity index (χ0v) is 12.9. The van der Waals surface area contributed by atoms with E-state index in [9.17, 15) is 9.90 Å². The summed E-state index contributed by atoms with van der Waals surface area (Å²) in [6.45, 7) is 0.700. The first-order chi connectivity index (χ1) is 10.6. The lowest BCUT2D eigenvalue weighted by Crippen LogP contribution is -2.38. The van der Waals surface area contributed by atoms with E-state index in [0.29, 0.717) is 17.1 Å². The molecule has 4 nitrogen and oxygen atoms in total. The van der Waals surface area contributed by atoms with E-state index in [-0.39, 0.29) is 12.6 Å². The first kappa shape index (κ1) is 16.3. The van der Waals surface area contributed by atoms with E-state index in [2.05, 4.69) is 10.6 Å². The fourth-order valence-electron chi connectivity index (χ4n) is 2.02. The highest BCUT2D eigenvalue weighted by atomic mass is 35.5. The summed E-state index contributed by atoms with van der Waals surface area (Å²) in [6.07, 6.45) is 0.0192. The average molecular weight is 319 g/mol. The first-order valence-corrected chi connectivity index (χ1v) is 7.52. The summed E-state index contributed by atoms with van der Waals surface area (Å²) in [5.74, 6) is 0. The molecule has 0 saturated heterocycles. The third kappa shape index (κ3) is 5.39. The third-order valence-electron chi connectivity index (χ3n) is 3.25. The van der Waals surface area contributed by atoms with Crippen molar-refractivity contribution in [3.8, 4) is 0 Å². The number of benzene rings is 2. The number of hydrogen-bond donors (Lipinski definition) is 3. The van der Waals surface area contributed by atoms with Crippen molar-refractivity contribution in [3.05, 3.63) is 70.7 Å². The molecule has 0 aliphatic rings. The highest BCUT2D eigenvalue weighted by molar-refractivity contribution is 6.30. The van der Waals surface area contributed by atoms with Gasteiger partial charge in [-0.25, -0.2) is 4.79 Å². The summed E-state index contributed by atoms with van der Waals surface area (Å²) < 4.78 is 0. The van der Waals surface area contributed by atoms with E-state index in [1.807, 2.05) is 30.3 Å². The van der Waals surface area contributed by atoms with Gasteiger partial charge in [-0.1, -0.05) is 54.1 Å². The van der Waals surface area contributed by atoms with Gasteiger partial charge in [0, 0.05) is 18.1 Å². The van der Waals surface area contributed by atoms with Crippen molar-refractivity contribution < 1.29 is 9.90 Å². The molecule has 5 heteroatoms. The average Bonchev–Trinajstić information content (AvgIpc) is 2.54. The maximum Gasteiger partial charge on any atom is 0.314 e. The Labute approximate surface area is 135 Å². The van der Waals surface area contributed by atoms with E-state index in [4.69, 9.17) is 11.6 Å². The summed E-state index contributed by atoms with van der Waals surface area (Å²) >= 11 is 5.79. The molecule has 0 bridgehead atoms. The number of aliphatic hydroxyl groups is 1. The number of hydrogen-bond acceptors (Lipinski definition) is 2. The van der Waals surface area contributed by atoms with Gasteiger partial charge in [0.2, 0.25) is 0 Å². The molecular weight excluding hydrogens is 300 g/mol. The molecule has 0 saturated carbocycles. The standard InChI is InChI=1S/C17H19ClN2O2/c18-15-8-6-14(7-9-15)16(21)12-20-17(22)19-11-10-13-4-2-1-3-5-13/h1-9,16,21H,10-12H2,(H2,19,20,22)/t16-/m1/s1. The number of nitrogens with one attached hydrogen (secondary N) is 2. The van der Waals surface area contributed by atoms with Crippen molar-refractivity contribution in [2.24, 2.45) is 0 Å². The smallest absolute Gasteiger partial charge is 0.314 e. The van der Waals surface area contributed by atoms with Crippen molar-refractivity contribution in [1.82, 2.24) is 10.6 Å². The molecule has 0 aliphatic carbocycles. The van der Waals surface area contributed by atoms with Gasteiger partial charge in [-0.05, 0) is 29.7 Å². The molecule has 2 rings (SSSR count). The predicted octanol–water partition coefficient (Wildman–Crippen LogP) is 2.92. The van der Waals surface area contributed by atoms with Gasteiger partial charge in [-0.2, -0.15) is 0 Å². The molecule has 2 aromatic carbocycles. The number of halogens is 1. The molecule has 0 fully saturated rings. The molecule has 22 heavy (non-hydrogen) atoms. The van der Waals surface area contributed by atoms with Gasteiger partial charge < -0.3 is 15.7 Å². The zero-order chi connectivity index (χ0) is 15.8. The van der Waals surface area contributed by atoms with Crippen molar-refractivity contribution in [2.45, 2.75) is 12.5 Å². The minimum atomic E-state index is -0.753. The monoisotopic (exact) mass is 318 g/mol. The molecule has 1 atom stereocenters. The molecule has 0 radical (unpaired) electrons. The molecule has 0 aromatic heterocycles. The van der Waals surface area contributed by atoms with E-state index in [0.717, 1.165) is 6.42 Å². The van der Waals surface area contributed by atoms with Gasteiger partial charge in [0.05, 0.1) is 6.10 Å². The highest BCUT2D eigenvalue weighted by Crippen LogP contribution is 2.15. The maximum atomic E-state index is 11.7. The van der Waals surface area contributed by atoms with Gasteiger partial charge in [-0.15, -0.1) is 0 Å². The lowest BCUT2D eigenvalue weighted by atomic mass is 10.1. The van der Waals surface area contributed by atoms with Crippen molar-refractivity contribution in [3.63, 3.8) is 0 Å². The Morgan fingerprint density at radius 2 is 1.73 bits per heavy atom. The van der Waals surface area contributed by atoms with Gasteiger partial charge >= 0.3 is 6.03 Å². The molecule has 2 amide bonds. The van der Waals surface area contributed by atoms with Gasteiger partial charge in [0.15, 0.2) is 0 Å². The van der Waals surface area contributed by atoms with Gasteiger partial charge in [-0.3, -0.25) is 0 Å². The predicted molar refractivity (Wildman–Crippen MR) is 88.0 cm³/mol. The van der Waals surface area contributed by atoms with Crippen LogP contribution in [0.2, 0.25) is 5.02 Å². The summed E-state index contributed by atoms with van der Waals surface area (Å²) in [5.41, 5.74) is 1.89. The minimum absolute atomic E-state index is 0.152. The van der Waals surface area contributed by atoms with Crippen LogP contribution < -0.4 is 10.6 Å². The first-order valence-electron chi connectivity index (χ1n) is 7.14. The molecule has 0 heterocycles. The number of aliphatic hydroxyl groups excluding tert-OH is 1. The van der Waals surface area contributed by atoms with E-state index in [1.54, 1.807) is 24.3 Å². The number of amides is 2. The Bertz CT molecular complexity index is 587. The Balaban J connectivity index is 1.68. The quantitative estimate of drug-likeness (QED) is 0.767. The normalized spacial score (nSPS) is 11.7. The Morgan fingerprint density at radius 3 is 2.41 bits per heavy atom. The van der Waals surface area contributed by atoms with Crippen LogP contribution in [0.4, 0.5) is 4.79 Å². The second kappa shape index (κ2) is 8.41. The van der Waals surface area contributed by atoms with Crippen molar-refractivity contribution >= 4 is 17.6 Å².